The van der Waals surface area contributed by atoms with Gasteiger partial charge >= 0.3 is 0 Å². The highest BCUT2D eigenvalue weighted by Gasteiger charge is 2.14. The number of hydrogen-bond donors (Lipinski definition) is 1. The minimum atomic E-state index is -0.906. The minimum Gasteiger partial charge on any atom is -0.197 e. The molecule has 0 atom stereocenters. The van der Waals surface area contributed by atoms with Crippen LogP contribution in [0.3, 0.4) is 0 Å². The molecule has 0 saturated carbocycles. The van der Waals surface area contributed by atoms with Gasteiger partial charge in [-0.25, -0.2) is 0 Å². The second-order valence-electron chi connectivity index (χ2n) is 2.30. The quantitative estimate of drug-likeness (QED) is 0.634. The summed E-state index contributed by atoms with van der Waals surface area (Å²) in [7, 11) is 0. The highest BCUT2D eigenvalue weighted by molar-refractivity contribution is 14.1. The molecular weight excluding hydrogens is 307 g/mol. The van der Waals surface area contributed by atoms with Gasteiger partial charge in [0.25, 0.3) is 0 Å². The average Bonchev–Trinajstić information content (AvgIpc) is 2.66. The van der Waals surface area contributed by atoms with Crippen molar-refractivity contribution in [1.29, 1.82) is 0 Å². The first-order valence-corrected chi connectivity index (χ1v) is 4.51. The Bertz CT molecular complexity index is 434. The van der Waals surface area contributed by atoms with Gasteiger partial charge in [-0.15, -0.1) is 0 Å². The van der Waals surface area contributed by atoms with E-state index in [2.05, 4.69) is 25.4 Å². The Balaban J connectivity index is 2.57. The summed E-state index contributed by atoms with van der Waals surface area (Å²) in [5.41, 5.74) is 0.194. The summed E-state index contributed by atoms with van der Waals surface area (Å²) in [5.74, 6) is -1.94. The molecule has 0 unspecified atom stereocenters. The lowest BCUT2D eigenvalue weighted by Gasteiger charge is -1.97. The largest absolute Gasteiger partial charge is 0.233 e. The fraction of sp³-hybridized carbons (Fsp3) is 0. The van der Waals surface area contributed by atoms with Crippen LogP contribution >= 0.6 is 22.6 Å². The summed E-state index contributed by atoms with van der Waals surface area (Å²) >= 11 is 1.48. The Hall–Kier alpha value is -1.19. The molecule has 0 fully saturated rings. The smallest absolute Gasteiger partial charge is 0.197 e. The standard InChI is InChI=1S/C6H2F2IN5/c7-4-3(9)5(8)12-6(11-4)2-1-10-14-13-2/h1H,(H,10,13,14). The second kappa shape index (κ2) is 3.52. The van der Waals surface area contributed by atoms with Gasteiger partial charge in [-0.05, 0) is 22.6 Å². The number of aromatic nitrogens is 5. The Morgan fingerprint density at radius 1 is 1.21 bits per heavy atom. The van der Waals surface area contributed by atoms with Crippen LogP contribution in [-0.2, 0) is 0 Å². The summed E-state index contributed by atoms with van der Waals surface area (Å²) in [5, 5.41) is 9.37. The van der Waals surface area contributed by atoms with Crippen LogP contribution < -0.4 is 0 Å². The molecule has 72 valence electrons. The minimum absolute atomic E-state index is 0.130. The number of aromatic amines is 1. The van der Waals surface area contributed by atoms with E-state index in [0.717, 1.165) is 0 Å². The third kappa shape index (κ3) is 1.56. The van der Waals surface area contributed by atoms with Crippen molar-refractivity contribution in [2.75, 3.05) is 0 Å². The van der Waals surface area contributed by atoms with Gasteiger partial charge in [-0.2, -0.15) is 34.2 Å². The van der Waals surface area contributed by atoms with Crippen LogP contribution in [0.4, 0.5) is 8.78 Å². The first-order chi connectivity index (χ1) is 6.68. The summed E-state index contributed by atoms with van der Waals surface area (Å²) in [6.07, 6.45) is 1.28. The van der Waals surface area contributed by atoms with Crippen molar-refractivity contribution in [3.63, 3.8) is 0 Å². The molecule has 0 spiro atoms. The van der Waals surface area contributed by atoms with Crippen LogP contribution in [-0.4, -0.2) is 25.4 Å². The van der Waals surface area contributed by atoms with Crippen molar-refractivity contribution in [3.8, 4) is 11.5 Å². The molecule has 0 bridgehead atoms. The third-order valence-electron chi connectivity index (χ3n) is 1.41. The second-order valence-corrected chi connectivity index (χ2v) is 3.38. The van der Waals surface area contributed by atoms with Gasteiger partial charge in [0.05, 0.1) is 6.20 Å². The van der Waals surface area contributed by atoms with E-state index in [-0.39, 0.29) is 15.1 Å². The van der Waals surface area contributed by atoms with Gasteiger partial charge in [0.15, 0.2) is 5.82 Å². The van der Waals surface area contributed by atoms with E-state index in [1.54, 1.807) is 0 Å². The summed E-state index contributed by atoms with van der Waals surface area (Å²) in [4.78, 5) is 6.86. The number of hydrogen-bond acceptors (Lipinski definition) is 4. The maximum absolute atomic E-state index is 13.0. The molecule has 0 amide bonds. The van der Waals surface area contributed by atoms with Crippen molar-refractivity contribution in [3.05, 3.63) is 21.7 Å². The number of nitrogens with zero attached hydrogens (tertiary/aromatic N) is 4. The van der Waals surface area contributed by atoms with Gasteiger partial charge in [0.1, 0.15) is 9.26 Å². The highest BCUT2D eigenvalue weighted by atomic mass is 127. The Morgan fingerprint density at radius 2 is 1.86 bits per heavy atom. The van der Waals surface area contributed by atoms with Gasteiger partial charge in [-0.3, -0.25) is 0 Å². The van der Waals surface area contributed by atoms with E-state index in [1.165, 1.54) is 28.8 Å². The summed E-state index contributed by atoms with van der Waals surface area (Å²) < 4.78 is 25.7. The maximum atomic E-state index is 13.0. The summed E-state index contributed by atoms with van der Waals surface area (Å²) in [6.45, 7) is 0. The zero-order chi connectivity index (χ0) is 10.1. The van der Waals surface area contributed by atoms with Gasteiger partial charge in [0.2, 0.25) is 11.9 Å². The normalized spacial score (nSPS) is 10.5. The van der Waals surface area contributed by atoms with Gasteiger partial charge in [-0.1, -0.05) is 0 Å². The zero-order valence-corrected chi connectivity index (χ0v) is 8.66. The van der Waals surface area contributed by atoms with Crippen LogP contribution in [0.25, 0.3) is 11.5 Å². The summed E-state index contributed by atoms with van der Waals surface area (Å²) in [6, 6.07) is 0. The first-order valence-electron chi connectivity index (χ1n) is 3.43. The van der Waals surface area contributed by atoms with Crippen LogP contribution in [0.2, 0.25) is 0 Å². The highest BCUT2D eigenvalue weighted by Crippen LogP contribution is 2.16. The van der Waals surface area contributed by atoms with Crippen molar-refractivity contribution in [1.82, 2.24) is 25.4 Å². The molecule has 2 heterocycles. The number of halogens is 3. The average molecular weight is 309 g/mol. The molecule has 0 aliphatic carbocycles. The molecule has 2 aromatic rings. The molecule has 0 saturated heterocycles. The van der Waals surface area contributed by atoms with Crippen LogP contribution in [0, 0.1) is 15.5 Å². The Morgan fingerprint density at radius 3 is 2.36 bits per heavy atom. The van der Waals surface area contributed by atoms with E-state index in [1.807, 2.05) is 0 Å². The molecule has 0 radical (unpaired) electrons. The number of H-pyrrole nitrogens is 1. The third-order valence-corrected chi connectivity index (χ3v) is 2.30. The maximum Gasteiger partial charge on any atom is 0.233 e. The lowest BCUT2D eigenvalue weighted by molar-refractivity contribution is 0.514. The Labute approximate surface area is 90.1 Å². The lowest BCUT2D eigenvalue weighted by Crippen LogP contribution is -2.01. The van der Waals surface area contributed by atoms with E-state index in [9.17, 15) is 8.78 Å². The van der Waals surface area contributed by atoms with Crippen LogP contribution in [0.15, 0.2) is 6.20 Å². The molecule has 5 nitrogen and oxygen atoms in total. The van der Waals surface area contributed by atoms with Crippen LogP contribution in [0.1, 0.15) is 0 Å². The molecule has 1 N–H and O–H groups in total. The van der Waals surface area contributed by atoms with Crippen LogP contribution in [0.5, 0.6) is 0 Å². The predicted molar refractivity (Wildman–Crippen MR) is 50.0 cm³/mol. The molecule has 0 aliphatic rings. The van der Waals surface area contributed by atoms with E-state index < -0.39 is 11.9 Å². The van der Waals surface area contributed by atoms with E-state index in [4.69, 9.17) is 0 Å². The van der Waals surface area contributed by atoms with E-state index >= 15 is 0 Å². The first kappa shape index (κ1) is 9.37. The zero-order valence-electron chi connectivity index (χ0n) is 6.50. The van der Waals surface area contributed by atoms with E-state index in [0.29, 0.717) is 0 Å². The number of nitrogens with one attached hydrogen (secondary N) is 1. The topological polar surface area (TPSA) is 67.3 Å². The van der Waals surface area contributed by atoms with Crippen molar-refractivity contribution in [2.24, 2.45) is 0 Å². The molecule has 2 aromatic heterocycles. The molecule has 14 heavy (non-hydrogen) atoms. The van der Waals surface area contributed by atoms with Gasteiger partial charge < -0.3 is 0 Å². The molecular formula is C6H2F2IN5. The number of rotatable bonds is 1. The molecule has 0 aliphatic heterocycles. The fourth-order valence-electron chi connectivity index (χ4n) is 0.818. The molecule has 2 rings (SSSR count). The monoisotopic (exact) mass is 309 g/mol. The SMILES string of the molecule is Fc1nc(-c2cn[nH]n2)nc(F)c1I. The lowest BCUT2D eigenvalue weighted by atomic mass is 10.4. The Kier molecular flexibility index (Phi) is 2.35. The molecule has 0 aromatic carbocycles. The van der Waals surface area contributed by atoms with Gasteiger partial charge in [0, 0.05) is 0 Å². The van der Waals surface area contributed by atoms with Crippen molar-refractivity contribution < 1.29 is 8.78 Å². The van der Waals surface area contributed by atoms with Crippen molar-refractivity contribution >= 4 is 22.6 Å². The molecule has 8 heteroatoms. The van der Waals surface area contributed by atoms with Crippen molar-refractivity contribution in [2.45, 2.75) is 0 Å². The predicted octanol–water partition coefficient (Wildman–Crippen LogP) is 1.14. The fourth-order valence-corrected chi connectivity index (χ4v) is 1.06.